The maximum atomic E-state index is 11.6. The predicted octanol–water partition coefficient (Wildman–Crippen LogP) is 1.89. The van der Waals surface area contributed by atoms with Crippen molar-refractivity contribution in [2.75, 3.05) is 19.7 Å². The summed E-state index contributed by atoms with van der Waals surface area (Å²) in [6.45, 7) is 3.42. The maximum absolute atomic E-state index is 11.6. The lowest BCUT2D eigenvalue weighted by molar-refractivity contribution is -0.136. The molecular formula is C14H26N2O4. The number of carbonyl (C=O) groups is 2. The summed E-state index contributed by atoms with van der Waals surface area (Å²) in [7, 11) is 0. The lowest BCUT2D eigenvalue weighted by Crippen LogP contribution is -2.49. The highest BCUT2D eigenvalue weighted by atomic mass is 16.5. The van der Waals surface area contributed by atoms with E-state index in [0.717, 1.165) is 32.1 Å². The van der Waals surface area contributed by atoms with Crippen LogP contribution >= 0.6 is 0 Å². The molecular weight excluding hydrogens is 260 g/mol. The zero-order chi connectivity index (χ0) is 14.8. The van der Waals surface area contributed by atoms with E-state index in [1.54, 1.807) is 0 Å². The lowest BCUT2D eigenvalue weighted by atomic mass is 9.84. The second-order valence-electron chi connectivity index (χ2n) is 5.35. The first kappa shape index (κ1) is 16.8. The van der Waals surface area contributed by atoms with Gasteiger partial charge in [0.1, 0.15) is 0 Å². The van der Waals surface area contributed by atoms with E-state index in [1.807, 2.05) is 0 Å². The summed E-state index contributed by atoms with van der Waals surface area (Å²) in [5.41, 5.74) is -0.238. The SMILES string of the molecule is CCCOC1(CNC(=O)NCCC(=O)O)CCCCC1. The first-order valence-electron chi connectivity index (χ1n) is 7.45. The first-order valence-corrected chi connectivity index (χ1v) is 7.45. The van der Waals surface area contributed by atoms with E-state index in [0.29, 0.717) is 13.2 Å². The van der Waals surface area contributed by atoms with Crippen LogP contribution in [0.5, 0.6) is 0 Å². The molecule has 0 atom stereocenters. The molecule has 1 fully saturated rings. The maximum Gasteiger partial charge on any atom is 0.314 e. The summed E-state index contributed by atoms with van der Waals surface area (Å²) < 4.78 is 5.98. The van der Waals surface area contributed by atoms with Gasteiger partial charge in [-0.05, 0) is 19.3 Å². The molecule has 20 heavy (non-hydrogen) atoms. The number of hydrogen-bond donors (Lipinski definition) is 3. The molecule has 1 aliphatic rings. The first-order chi connectivity index (χ1) is 9.58. The summed E-state index contributed by atoms with van der Waals surface area (Å²) in [5, 5.41) is 13.9. The van der Waals surface area contributed by atoms with Crippen LogP contribution in [0.15, 0.2) is 0 Å². The second kappa shape index (κ2) is 8.79. The molecule has 0 spiro atoms. The Balaban J connectivity index is 2.33. The van der Waals surface area contributed by atoms with Crippen LogP contribution in [0, 0.1) is 0 Å². The van der Waals surface area contributed by atoms with Crippen molar-refractivity contribution in [2.45, 2.75) is 57.5 Å². The Morgan fingerprint density at radius 2 is 1.90 bits per heavy atom. The molecule has 0 heterocycles. The van der Waals surface area contributed by atoms with Gasteiger partial charge < -0.3 is 20.5 Å². The highest BCUT2D eigenvalue weighted by Gasteiger charge is 2.33. The number of rotatable bonds is 8. The van der Waals surface area contributed by atoms with E-state index in [9.17, 15) is 9.59 Å². The largest absolute Gasteiger partial charge is 0.481 e. The van der Waals surface area contributed by atoms with Crippen molar-refractivity contribution in [3.05, 3.63) is 0 Å². The molecule has 1 saturated carbocycles. The summed E-state index contributed by atoms with van der Waals surface area (Å²) in [6, 6.07) is -0.323. The number of amides is 2. The van der Waals surface area contributed by atoms with Crippen LogP contribution < -0.4 is 10.6 Å². The van der Waals surface area contributed by atoms with Crippen LogP contribution in [0.4, 0.5) is 4.79 Å². The highest BCUT2D eigenvalue weighted by Crippen LogP contribution is 2.31. The fourth-order valence-corrected chi connectivity index (χ4v) is 2.47. The second-order valence-corrected chi connectivity index (χ2v) is 5.35. The normalized spacial score (nSPS) is 17.4. The molecule has 0 aromatic carbocycles. The number of carboxylic acids is 1. The molecule has 6 heteroatoms. The Morgan fingerprint density at radius 1 is 1.20 bits per heavy atom. The molecule has 0 aromatic rings. The quantitative estimate of drug-likeness (QED) is 0.636. The summed E-state index contributed by atoms with van der Waals surface area (Å²) in [5.74, 6) is -0.916. The lowest BCUT2D eigenvalue weighted by Gasteiger charge is -2.37. The molecule has 2 amide bonds. The Labute approximate surface area is 120 Å². The fourth-order valence-electron chi connectivity index (χ4n) is 2.47. The van der Waals surface area contributed by atoms with Crippen molar-refractivity contribution < 1.29 is 19.4 Å². The van der Waals surface area contributed by atoms with Crippen LogP contribution in [0.3, 0.4) is 0 Å². The van der Waals surface area contributed by atoms with Gasteiger partial charge in [-0.3, -0.25) is 4.79 Å². The van der Waals surface area contributed by atoms with Gasteiger partial charge in [0.15, 0.2) is 0 Å². The standard InChI is InChI=1S/C14H26N2O4/c1-2-10-20-14(7-4-3-5-8-14)11-16-13(19)15-9-6-12(17)18/h2-11H2,1H3,(H,17,18)(H2,15,16,19). The minimum Gasteiger partial charge on any atom is -0.481 e. The van der Waals surface area contributed by atoms with Gasteiger partial charge in [0, 0.05) is 19.7 Å². The van der Waals surface area contributed by atoms with Crippen molar-refractivity contribution >= 4 is 12.0 Å². The van der Waals surface area contributed by atoms with Gasteiger partial charge >= 0.3 is 12.0 Å². The van der Waals surface area contributed by atoms with Gasteiger partial charge in [-0.1, -0.05) is 26.2 Å². The van der Waals surface area contributed by atoms with Gasteiger partial charge in [0.25, 0.3) is 0 Å². The van der Waals surface area contributed by atoms with Gasteiger partial charge in [-0.2, -0.15) is 0 Å². The van der Waals surface area contributed by atoms with E-state index in [4.69, 9.17) is 9.84 Å². The molecule has 1 aliphatic carbocycles. The Bertz CT molecular complexity index is 314. The van der Waals surface area contributed by atoms with Gasteiger partial charge in [-0.15, -0.1) is 0 Å². The Morgan fingerprint density at radius 3 is 2.50 bits per heavy atom. The zero-order valence-electron chi connectivity index (χ0n) is 12.2. The van der Waals surface area contributed by atoms with Crippen molar-refractivity contribution in [3.63, 3.8) is 0 Å². The third kappa shape index (κ3) is 6.23. The van der Waals surface area contributed by atoms with E-state index >= 15 is 0 Å². The van der Waals surface area contributed by atoms with E-state index in [-0.39, 0.29) is 24.6 Å². The molecule has 0 unspecified atom stereocenters. The summed E-state index contributed by atoms with van der Waals surface area (Å²) in [4.78, 5) is 22.0. The van der Waals surface area contributed by atoms with Crippen LogP contribution in [-0.2, 0) is 9.53 Å². The minimum atomic E-state index is -0.916. The molecule has 0 radical (unpaired) electrons. The third-order valence-corrected chi connectivity index (χ3v) is 3.57. The average molecular weight is 286 g/mol. The Kier molecular flexibility index (Phi) is 7.36. The van der Waals surface area contributed by atoms with Gasteiger partial charge in [0.2, 0.25) is 0 Å². The monoisotopic (exact) mass is 286 g/mol. The topological polar surface area (TPSA) is 87.7 Å². The molecule has 116 valence electrons. The fraction of sp³-hybridized carbons (Fsp3) is 0.857. The third-order valence-electron chi connectivity index (χ3n) is 3.57. The van der Waals surface area contributed by atoms with Gasteiger partial charge in [-0.25, -0.2) is 4.79 Å². The van der Waals surface area contributed by atoms with Crippen LogP contribution in [-0.4, -0.2) is 42.4 Å². The van der Waals surface area contributed by atoms with E-state index in [2.05, 4.69) is 17.6 Å². The number of ether oxygens (including phenoxy) is 1. The highest BCUT2D eigenvalue weighted by molar-refractivity contribution is 5.75. The van der Waals surface area contributed by atoms with Crippen LogP contribution in [0.2, 0.25) is 0 Å². The number of hydrogen-bond acceptors (Lipinski definition) is 3. The molecule has 0 saturated heterocycles. The molecule has 0 aliphatic heterocycles. The molecule has 3 N–H and O–H groups in total. The number of carbonyl (C=O) groups excluding carboxylic acids is 1. The Hall–Kier alpha value is -1.30. The zero-order valence-corrected chi connectivity index (χ0v) is 12.2. The minimum absolute atomic E-state index is 0.0646. The van der Waals surface area contributed by atoms with Crippen molar-refractivity contribution in [1.82, 2.24) is 10.6 Å². The van der Waals surface area contributed by atoms with Crippen LogP contribution in [0.25, 0.3) is 0 Å². The predicted molar refractivity (Wildman–Crippen MR) is 75.7 cm³/mol. The molecule has 6 nitrogen and oxygen atoms in total. The summed E-state index contributed by atoms with van der Waals surface area (Å²) >= 11 is 0. The molecule has 1 rings (SSSR count). The van der Waals surface area contributed by atoms with Gasteiger partial charge in [0.05, 0.1) is 12.0 Å². The van der Waals surface area contributed by atoms with Crippen molar-refractivity contribution in [2.24, 2.45) is 0 Å². The van der Waals surface area contributed by atoms with Crippen LogP contribution in [0.1, 0.15) is 51.9 Å². The summed E-state index contributed by atoms with van der Waals surface area (Å²) in [6.07, 6.45) is 6.34. The van der Waals surface area contributed by atoms with Crippen molar-refractivity contribution in [1.29, 1.82) is 0 Å². The smallest absolute Gasteiger partial charge is 0.314 e. The van der Waals surface area contributed by atoms with E-state index < -0.39 is 5.97 Å². The van der Waals surface area contributed by atoms with E-state index in [1.165, 1.54) is 6.42 Å². The number of carboxylic acid groups (broad SMARTS) is 1. The molecule has 0 aromatic heterocycles. The number of nitrogens with one attached hydrogen (secondary N) is 2. The molecule has 0 bridgehead atoms. The average Bonchev–Trinajstić information content (AvgIpc) is 2.44. The number of aliphatic carboxylic acids is 1. The number of urea groups is 1. The van der Waals surface area contributed by atoms with Crippen molar-refractivity contribution in [3.8, 4) is 0 Å².